The summed E-state index contributed by atoms with van der Waals surface area (Å²) in [7, 11) is -4.09. The normalized spacial score (nSPS) is 15.2. The molecule has 0 aromatic rings. The van der Waals surface area contributed by atoms with Gasteiger partial charge in [-0.05, 0) is 12.8 Å². The van der Waals surface area contributed by atoms with E-state index in [4.69, 9.17) is 0 Å². The van der Waals surface area contributed by atoms with Crippen molar-refractivity contribution in [3.8, 4) is 0 Å². The largest absolute Gasteiger partial charge is 1.00 e. The van der Waals surface area contributed by atoms with Crippen LogP contribution in [0.2, 0.25) is 0 Å². The highest BCUT2D eigenvalue weighted by atomic mass is 79.9. The minimum atomic E-state index is -8.84. The van der Waals surface area contributed by atoms with Gasteiger partial charge >= 0.3 is 47.0 Å². The first-order valence-electron chi connectivity index (χ1n) is 13.3. The molecule has 0 heterocycles. The van der Waals surface area contributed by atoms with Crippen molar-refractivity contribution in [2.24, 2.45) is 0 Å². The number of halogens is 18. The summed E-state index contributed by atoms with van der Waals surface area (Å²) in [6, 6.07) is 0. The molecule has 0 saturated heterocycles. The molecule has 0 bridgehead atoms. The van der Waals surface area contributed by atoms with Gasteiger partial charge in [0.25, 0.3) is 10.0 Å². The third kappa shape index (κ3) is 9.23. The Hall–Kier alpha value is -0.840. The summed E-state index contributed by atoms with van der Waals surface area (Å²) in [4.78, 5) is 0. The zero-order valence-electron chi connectivity index (χ0n) is 24.5. The Kier molecular flexibility index (Phi) is 16.2. The molecule has 46 heavy (non-hydrogen) atoms. The first kappa shape index (κ1) is 47.3. The smallest absolute Gasteiger partial charge is 0.460 e. The molecule has 23 heteroatoms. The summed E-state index contributed by atoms with van der Waals surface area (Å²) in [5.74, 6) is -51.6. The summed E-state index contributed by atoms with van der Waals surface area (Å²) in [6.45, 7) is 1.18. The van der Waals surface area contributed by atoms with E-state index in [1.165, 1.54) is 0 Å². The van der Waals surface area contributed by atoms with Gasteiger partial charge in [-0.25, -0.2) is 13.1 Å². The highest BCUT2D eigenvalue weighted by Crippen LogP contribution is 2.64. The predicted molar refractivity (Wildman–Crippen MR) is 127 cm³/mol. The minimum Gasteiger partial charge on any atom is -1.00 e. The molecule has 0 spiro atoms. The standard InChI is InChI=1S/C23H34F17N2O2S.BrH/c1-4-5-6-7-8-9-10-11-14-42(2,3)15-12-13-41-45(43,44)23(39,40)21(34,35)19(30,31)17(26,27)16(24,25)18(28,29)20(32,33)22(36,37)38;/h41H,4-15H2,1-3H3;1H/q+1;/p-1. The van der Waals surface area contributed by atoms with Crippen molar-refractivity contribution < 1.29 is 105 Å². The maximum atomic E-state index is 14.1. The molecule has 0 saturated carbocycles. The summed E-state index contributed by atoms with van der Waals surface area (Å²) in [6.07, 6.45) is -0.788. The van der Waals surface area contributed by atoms with Crippen LogP contribution in [0.5, 0.6) is 0 Å². The summed E-state index contributed by atoms with van der Waals surface area (Å²) >= 11 is 0. The summed E-state index contributed by atoms with van der Waals surface area (Å²) in [5.41, 5.74) is 0. The Morgan fingerprint density at radius 2 is 0.826 bits per heavy atom. The van der Waals surface area contributed by atoms with Gasteiger partial charge in [0.2, 0.25) is 0 Å². The number of sulfonamides is 1. The molecule has 0 aromatic carbocycles. The second-order valence-electron chi connectivity index (χ2n) is 11.1. The van der Waals surface area contributed by atoms with Crippen LogP contribution >= 0.6 is 0 Å². The van der Waals surface area contributed by atoms with Crippen molar-refractivity contribution in [3.05, 3.63) is 0 Å². The average Bonchev–Trinajstić information content (AvgIpc) is 2.86. The lowest BCUT2D eigenvalue weighted by atomic mass is 9.91. The second-order valence-corrected chi connectivity index (χ2v) is 12.9. The topological polar surface area (TPSA) is 46.2 Å². The van der Waals surface area contributed by atoms with E-state index in [0.717, 1.165) is 44.9 Å². The number of rotatable bonds is 21. The maximum absolute atomic E-state index is 14.1. The number of hydrogen-bond acceptors (Lipinski definition) is 2. The molecular formula is C23H34BrF17N2O2S. The highest BCUT2D eigenvalue weighted by Gasteiger charge is 2.96. The van der Waals surface area contributed by atoms with E-state index in [1.54, 1.807) is 14.1 Å². The lowest BCUT2D eigenvalue weighted by molar-refractivity contribution is -0.890. The third-order valence-electron chi connectivity index (χ3n) is 6.88. The molecule has 0 unspecified atom stereocenters. The zero-order valence-corrected chi connectivity index (χ0v) is 26.9. The van der Waals surface area contributed by atoms with Gasteiger partial charge in [-0.1, -0.05) is 45.4 Å². The number of nitrogens with zero attached hydrogens (tertiary/aromatic N) is 1. The maximum Gasteiger partial charge on any atom is 0.460 e. The molecule has 0 amide bonds. The fourth-order valence-corrected chi connectivity index (χ4v) is 4.97. The van der Waals surface area contributed by atoms with Gasteiger partial charge in [-0.15, -0.1) is 0 Å². The van der Waals surface area contributed by atoms with Gasteiger partial charge in [0.05, 0.1) is 27.2 Å². The third-order valence-corrected chi connectivity index (χ3v) is 8.40. The number of hydrogen-bond donors (Lipinski definition) is 1. The quantitative estimate of drug-likeness (QED) is 0.0950. The Labute approximate surface area is 264 Å². The van der Waals surface area contributed by atoms with E-state index in [9.17, 15) is 83.1 Å². The highest BCUT2D eigenvalue weighted by molar-refractivity contribution is 7.90. The lowest BCUT2D eigenvalue weighted by Gasteiger charge is -2.42. The Morgan fingerprint density at radius 3 is 1.22 bits per heavy atom. The van der Waals surface area contributed by atoms with Crippen molar-refractivity contribution in [2.45, 2.75) is 112 Å². The van der Waals surface area contributed by atoms with Crippen LogP contribution in [0.15, 0.2) is 0 Å². The molecular weight excluding hydrogens is 771 g/mol. The number of alkyl halides is 17. The van der Waals surface area contributed by atoms with Crippen LogP contribution in [0, 0.1) is 0 Å². The second kappa shape index (κ2) is 15.8. The monoisotopic (exact) mass is 804 g/mol. The Balaban J connectivity index is 0. The van der Waals surface area contributed by atoms with Crippen LogP contribution in [-0.2, 0) is 10.0 Å². The molecule has 280 valence electrons. The number of quaternary nitrogens is 1. The molecule has 4 nitrogen and oxygen atoms in total. The van der Waals surface area contributed by atoms with Crippen molar-refractivity contribution in [3.63, 3.8) is 0 Å². The Bertz CT molecular complexity index is 1050. The zero-order chi connectivity index (χ0) is 36.2. The van der Waals surface area contributed by atoms with Crippen molar-refractivity contribution >= 4 is 10.0 Å². The lowest BCUT2D eigenvalue weighted by Crippen LogP contribution is -3.00. The first-order chi connectivity index (χ1) is 19.8. The number of nitrogens with one attached hydrogen (secondary N) is 1. The molecule has 0 aliphatic heterocycles. The molecule has 0 fully saturated rings. The average molecular weight is 805 g/mol. The van der Waals surface area contributed by atoms with Gasteiger partial charge in [0.1, 0.15) is 0 Å². The summed E-state index contributed by atoms with van der Waals surface area (Å²) in [5, 5.41) is -7.54. The van der Waals surface area contributed by atoms with E-state index in [0.29, 0.717) is 17.7 Å². The molecule has 0 atom stereocenters. The summed E-state index contributed by atoms with van der Waals surface area (Å²) < 4.78 is 252. The predicted octanol–water partition coefficient (Wildman–Crippen LogP) is 5.48. The Morgan fingerprint density at radius 1 is 0.500 bits per heavy atom. The van der Waals surface area contributed by atoms with E-state index in [2.05, 4.69) is 0 Å². The molecule has 0 radical (unpaired) electrons. The van der Waals surface area contributed by atoms with E-state index >= 15 is 0 Å². The SMILES string of the molecule is CCCCCCCCCC[N+](C)(C)CCCNS(=O)(=O)C(F)(F)C(F)(F)C(F)(F)C(F)(F)C(F)(F)C(F)(F)C(F)(F)C(F)(F)F.[Br-]. The van der Waals surface area contributed by atoms with Gasteiger partial charge in [-0.2, -0.15) is 74.6 Å². The number of unbranched alkanes of at least 4 members (excludes halogenated alkanes) is 7. The van der Waals surface area contributed by atoms with Crippen LogP contribution in [-0.4, -0.2) is 93.6 Å². The molecule has 1 N–H and O–H groups in total. The fraction of sp³-hybridized carbons (Fsp3) is 1.00. The van der Waals surface area contributed by atoms with Crippen molar-refractivity contribution in [1.82, 2.24) is 4.72 Å². The molecule has 0 rings (SSSR count). The van der Waals surface area contributed by atoms with Gasteiger partial charge < -0.3 is 21.5 Å². The van der Waals surface area contributed by atoms with Crippen LogP contribution in [0.1, 0.15) is 64.7 Å². The van der Waals surface area contributed by atoms with Crippen LogP contribution in [0.3, 0.4) is 0 Å². The first-order valence-corrected chi connectivity index (χ1v) is 14.8. The fourth-order valence-electron chi connectivity index (χ4n) is 3.91. The van der Waals surface area contributed by atoms with E-state index in [-0.39, 0.29) is 28.0 Å². The van der Waals surface area contributed by atoms with E-state index < -0.39 is 70.0 Å². The van der Waals surface area contributed by atoms with Crippen LogP contribution in [0.25, 0.3) is 0 Å². The molecule has 0 aromatic heterocycles. The van der Waals surface area contributed by atoms with Gasteiger partial charge in [0.15, 0.2) is 0 Å². The molecule has 0 aliphatic carbocycles. The van der Waals surface area contributed by atoms with Crippen molar-refractivity contribution in [1.29, 1.82) is 0 Å². The van der Waals surface area contributed by atoms with Gasteiger partial charge in [0, 0.05) is 13.0 Å². The van der Waals surface area contributed by atoms with Crippen molar-refractivity contribution in [2.75, 3.05) is 33.7 Å². The van der Waals surface area contributed by atoms with E-state index in [1.807, 2.05) is 6.92 Å². The van der Waals surface area contributed by atoms with Crippen LogP contribution < -0.4 is 21.7 Å². The van der Waals surface area contributed by atoms with Crippen LogP contribution in [0.4, 0.5) is 74.6 Å². The van der Waals surface area contributed by atoms with Gasteiger partial charge in [-0.3, -0.25) is 0 Å². The minimum absolute atomic E-state index is 0. The molecule has 0 aliphatic rings.